The van der Waals surface area contributed by atoms with Gasteiger partial charge in [-0.05, 0) is 64.6 Å². The van der Waals surface area contributed by atoms with Gasteiger partial charge in [0, 0.05) is 50.2 Å². The van der Waals surface area contributed by atoms with E-state index in [1.54, 1.807) is 0 Å². The molecule has 0 aliphatic carbocycles. The van der Waals surface area contributed by atoms with Crippen molar-refractivity contribution in [3.8, 4) is 0 Å². The third-order valence-corrected chi connectivity index (χ3v) is 6.49. The molecule has 0 N–H and O–H groups in total. The number of piperazine rings is 1. The summed E-state index contributed by atoms with van der Waals surface area (Å²) in [4.78, 5) is 17.1. The second kappa shape index (κ2) is 9.33. The minimum absolute atomic E-state index is 0.589. The maximum absolute atomic E-state index is 4.76. The zero-order chi connectivity index (χ0) is 19.4. The lowest BCUT2D eigenvalue weighted by Gasteiger charge is -2.42. The molecular formula is C22H39N5. The standard InChI is InChI=1S/C22H39N5/c1-6-18(4)14-25(5)11-7-8-19-12-23-22(24-13-19)27-20-9-10-21(27)16-26(15-20)17(2)3/h12-13,17-18,20-21H,6-11,14-16H2,1-5H3. The van der Waals surface area contributed by atoms with Crippen LogP contribution in [0.5, 0.6) is 0 Å². The summed E-state index contributed by atoms with van der Waals surface area (Å²) >= 11 is 0. The van der Waals surface area contributed by atoms with Gasteiger partial charge in [0.2, 0.25) is 5.95 Å². The molecule has 3 heterocycles. The maximum atomic E-state index is 4.76. The van der Waals surface area contributed by atoms with Gasteiger partial charge in [0.15, 0.2) is 0 Å². The summed E-state index contributed by atoms with van der Waals surface area (Å²) < 4.78 is 0. The van der Waals surface area contributed by atoms with Gasteiger partial charge in [-0.15, -0.1) is 0 Å². The molecule has 5 heteroatoms. The van der Waals surface area contributed by atoms with Crippen LogP contribution in [0.15, 0.2) is 12.4 Å². The van der Waals surface area contributed by atoms with Crippen LogP contribution in [-0.4, -0.2) is 71.1 Å². The van der Waals surface area contributed by atoms with Gasteiger partial charge in [0.05, 0.1) is 0 Å². The highest BCUT2D eigenvalue weighted by atomic mass is 15.4. The largest absolute Gasteiger partial charge is 0.332 e. The first kappa shape index (κ1) is 20.5. The molecule has 1 aromatic heterocycles. The molecule has 2 bridgehead atoms. The summed E-state index contributed by atoms with van der Waals surface area (Å²) in [5, 5.41) is 0. The van der Waals surface area contributed by atoms with E-state index in [0.29, 0.717) is 18.1 Å². The molecule has 152 valence electrons. The first-order chi connectivity index (χ1) is 13.0. The molecule has 5 nitrogen and oxygen atoms in total. The van der Waals surface area contributed by atoms with Crippen LogP contribution in [0, 0.1) is 5.92 Å². The van der Waals surface area contributed by atoms with Gasteiger partial charge in [-0.2, -0.15) is 0 Å². The van der Waals surface area contributed by atoms with E-state index in [1.807, 2.05) is 0 Å². The average Bonchev–Trinajstić information content (AvgIpc) is 2.91. The van der Waals surface area contributed by atoms with Gasteiger partial charge < -0.3 is 9.80 Å². The van der Waals surface area contributed by atoms with Crippen LogP contribution < -0.4 is 4.90 Å². The Kier molecular flexibility index (Phi) is 7.10. The first-order valence-corrected chi connectivity index (χ1v) is 11.0. The van der Waals surface area contributed by atoms with E-state index in [2.05, 4.69) is 61.8 Å². The van der Waals surface area contributed by atoms with Crippen LogP contribution in [0.2, 0.25) is 0 Å². The van der Waals surface area contributed by atoms with Crippen molar-refractivity contribution < 1.29 is 0 Å². The Morgan fingerprint density at radius 3 is 2.30 bits per heavy atom. The van der Waals surface area contributed by atoms with Crippen molar-refractivity contribution in [2.45, 2.75) is 77.9 Å². The Morgan fingerprint density at radius 1 is 1.11 bits per heavy atom. The summed E-state index contributed by atoms with van der Waals surface area (Å²) in [7, 11) is 2.23. The highest BCUT2D eigenvalue weighted by Gasteiger charge is 2.41. The summed E-state index contributed by atoms with van der Waals surface area (Å²) in [6, 6.07) is 1.81. The van der Waals surface area contributed by atoms with E-state index in [-0.39, 0.29) is 0 Å². The molecule has 3 rings (SSSR count). The van der Waals surface area contributed by atoms with E-state index in [9.17, 15) is 0 Å². The van der Waals surface area contributed by atoms with Gasteiger partial charge in [0.1, 0.15) is 0 Å². The lowest BCUT2D eigenvalue weighted by molar-refractivity contribution is 0.176. The molecule has 0 radical (unpaired) electrons. The molecule has 0 aromatic carbocycles. The molecule has 3 unspecified atom stereocenters. The predicted octanol–water partition coefficient (Wildman–Crippen LogP) is 3.45. The van der Waals surface area contributed by atoms with Crippen molar-refractivity contribution >= 4 is 5.95 Å². The van der Waals surface area contributed by atoms with E-state index in [0.717, 1.165) is 37.9 Å². The van der Waals surface area contributed by atoms with Crippen LogP contribution in [-0.2, 0) is 6.42 Å². The fourth-order valence-electron chi connectivity index (χ4n) is 4.60. The maximum Gasteiger partial charge on any atom is 0.225 e. The fraction of sp³-hybridized carbons (Fsp3) is 0.818. The predicted molar refractivity (Wildman–Crippen MR) is 113 cm³/mol. The van der Waals surface area contributed by atoms with E-state index in [4.69, 9.17) is 9.97 Å². The monoisotopic (exact) mass is 373 g/mol. The highest BCUT2D eigenvalue weighted by molar-refractivity contribution is 5.37. The summed E-state index contributed by atoms with van der Waals surface area (Å²) in [5.41, 5.74) is 1.27. The average molecular weight is 374 g/mol. The van der Waals surface area contributed by atoms with Gasteiger partial charge in [-0.25, -0.2) is 9.97 Å². The van der Waals surface area contributed by atoms with Crippen molar-refractivity contribution in [3.05, 3.63) is 18.0 Å². The van der Waals surface area contributed by atoms with Crippen LogP contribution >= 0.6 is 0 Å². The van der Waals surface area contributed by atoms with Crippen molar-refractivity contribution in [1.82, 2.24) is 19.8 Å². The van der Waals surface area contributed by atoms with Crippen LogP contribution in [0.3, 0.4) is 0 Å². The van der Waals surface area contributed by atoms with Gasteiger partial charge in [-0.1, -0.05) is 20.3 Å². The number of fused-ring (bicyclic) bond motifs is 2. The van der Waals surface area contributed by atoms with Crippen LogP contribution in [0.4, 0.5) is 5.95 Å². The zero-order valence-corrected chi connectivity index (χ0v) is 18.1. The molecule has 0 spiro atoms. The van der Waals surface area contributed by atoms with Crippen LogP contribution in [0.1, 0.15) is 58.9 Å². The minimum Gasteiger partial charge on any atom is -0.332 e. The molecule has 1 aromatic rings. The van der Waals surface area contributed by atoms with Crippen molar-refractivity contribution in [3.63, 3.8) is 0 Å². The Labute approximate surface area is 166 Å². The minimum atomic E-state index is 0.589. The third-order valence-electron chi connectivity index (χ3n) is 6.49. The normalized spacial score (nSPS) is 24.2. The van der Waals surface area contributed by atoms with E-state index < -0.39 is 0 Å². The number of likely N-dealkylation sites (tertiary alicyclic amines) is 1. The molecule has 27 heavy (non-hydrogen) atoms. The van der Waals surface area contributed by atoms with Crippen molar-refractivity contribution in [2.75, 3.05) is 38.1 Å². The van der Waals surface area contributed by atoms with Crippen LogP contribution in [0.25, 0.3) is 0 Å². The van der Waals surface area contributed by atoms with Crippen molar-refractivity contribution in [2.24, 2.45) is 5.92 Å². The van der Waals surface area contributed by atoms with E-state index in [1.165, 1.54) is 37.8 Å². The second-order valence-electron chi connectivity index (χ2n) is 9.11. The summed E-state index contributed by atoms with van der Waals surface area (Å²) in [6.45, 7) is 13.9. The number of nitrogens with zero attached hydrogens (tertiary/aromatic N) is 5. The number of hydrogen-bond donors (Lipinski definition) is 0. The number of hydrogen-bond acceptors (Lipinski definition) is 5. The van der Waals surface area contributed by atoms with Gasteiger partial charge in [0.25, 0.3) is 0 Å². The quantitative estimate of drug-likeness (QED) is 0.662. The Hall–Kier alpha value is -1.20. The Balaban J connectivity index is 1.50. The third kappa shape index (κ3) is 5.20. The summed E-state index contributed by atoms with van der Waals surface area (Å²) in [6.07, 6.45) is 10.2. The topological polar surface area (TPSA) is 35.5 Å². The molecule has 2 saturated heterocycles. The fourth-order valence-corrected chi connectivity index (χ4v) is 4.60. The van der Waals surface area contributed by atoms with E-state index >= 15 is 0 Å². The lowest BCUT2D eigenvalue weighted by Crippen LogP contribution is -2.56. The molecule has 0 saturated carbocycles. The molecule has 2 aliphatic heterocycles. The zero-order valence-electron chi connectivity index (χ0n) is 18.1. The van der Waals surface area contributed by atoms with Crippen molar-refractivity contribution in [1.29, 1.82) is 0 Å². The first-order valence-electron chi connectivity index (χ1n) is 11.0. The molecule has 3 atom stereocenters. The number of aromatic nitrogens is 2. The Bertz CT molecular complexity index is 559. The smallest absolute Gasteiger partial charge is 0.225 e. The molecular weight excluding hydrogens is 334 g/mol. The number of anilines is 1. The number of rotatable bonds is 9. The highest BCUT2D eigenvalue weighted by Crippen LogP contribution is 2.33. The number of aryl methyl sites for hydroxylation is 1. The second-order valence-corrected chi connectivity index (χ2v) is 9.11. The lowest BCUT2D eigenvalue weighted by atomic mass is 10.1. The Morgan fingerprint density at radius 2 is 1.74 bits per heavy atom. The molecule has 2 aliphatic rings. The van der Waals surface area contributed by atoms with Gasteiger partial charge in [-0.3, -0.25) is 4.90 Å². The molecule has 0 amide bonds. The molecule has 2 fully saturated rings. The van der Waals surface area contributed by atoms with Gasteiger partial charge >= 0.3 is 0 Å². The summed E-state index contributed by atoms with van der Waals surface area (Å²) in [5.74, 6) is 1.73. The SMILES string of the molecule is CCC(C)CN(C)CCCc1cnc(N2C3CCC2CN(C(C)C)C3)nc1.